The van der Waals surface area contributed by atoms with Gasteiger partial charge in [-0.05, 0) is 34.1 Å². The summed E-state index contributed by atoms with van der Waals surface area (Å²) in [5, 5.41) is 0. The van der Waals surface area contributed by atoms with Gasteiger partial charge in [-0.1, -0.05) is 6.92 Å². The summed E-state index contributed by atoms with van der Waals surface area (Å²) in [6, 6.07) is 0. The van der Waals surface area contributed by atoms with Gasteiger partial charge in [-0.25, -0.2) is 0 Å². The Labute approximate surface area is 186 Å². The number of ether oxygens (including phenoxy) is 4. The first-order valence-electron chi connectivity index (χ1n) is 10.8. The maximum atomic E-state index is 13.5. The molecule has 0 amide bonds. The Morgan fingerprint density at radius 3 is 1.31 bits per heavy atom. The molecule has 2 aliphatic rings. The summed E-state index contributed by atoms with van der Waals surface area (Å²) in [5.41, 5.74) is -1.54. The standard InChI is InChI=1S/C22H30O10/c1-6-29-18(25)12-11-10-22(5,14(16(12)23)20(27)31-8-3)15(21(28)32-9-4)17(24)13(11)19(26)30-7-2/h11-15H,6-10H2,1-5H3. The van der Waals surface area contributed by atoms with Crippen molar-refractivity contribution in [1.29, 1.82) is 0 Å². The number of carbonyl (C=O) groups excluding carboxylic acids is 6. The lowest BCUT2D eigenvalue weighted by molar-refractivity contribution is -0.189. The van der Waals surface area contributed by atoms with E-state index in [1.807, 2.05) is 0 Å². The molecule has 2 bridgehead atoms. The Morgan fingerprint density at radius 1 is 0.688 bits per heavy atom. The van der Waals surface area contributed by atoms with Crippen molar-refractivity contribution < 1.29 is 47.7 Å². The molecular weight excluding hydrogens is 424 g/mol. The third kappa shape index (κ3) is 4.27. The summed E-state index contributed by atoms with van der Waals surface area (Å²) >= 11 is 0. The number of hydrogen-bond acceptors (Lipinski definition) is 10. The molecule has 0 saturated heterocycles. The number of Topliss-reactive ketones (excluding diaryl/α,β-unsaturated/α-hetero) is 2. The Balaban J connectivity index is 2.71. The van der Waals surface area contributed by atoms with Gasteiger partial charge in [-0.2, -0.15) is 0 Å². The van der Waals surface area contributed by atoms with Crippen LogP contribution in [0.15, 0.2) is 0 Å². The molecule has 0 heterocycles. The lowest BCUT2D eigenvalue weighted by atomic mass is 9.47. The van der Waals surface area contributed by atoms with Gasteiger partial charge >= 0.3 is 23.9 Å². The van der Waals surface area contributed by atoms with Crippen molar-refractivity contribution in [3.05, 3.63) is 0 Å². The van der Waals surface area contributed by atoms with E-state index < -0.39 is 70.4 Å². The van der Waals surface area contributed by atoms with Crippen molar-refractivity contribution in [1.82, 2.24) is 0 Å². The van der Waals surface area contributed by atoms with E-state index in [1.165, 1.54) is 6.92 Å². The van der Waals surface area contributed by atoms with E-state index in [1.54, 1.807) is 27.7 Å². The monoisotopic (exact) mass is 454 g/mol. The number of hydrogen-bond donors (Lipinski definition) is 0. The molecule has 0 aromatic carbocycles. The molecular formula is C22H30O10. The van der Waals surface area contributed by atoms with Crippen molar-refractivity contribution in [2.24, 2.45) is 35.0 Å². The highest BCUT2D eigenvalue weighted by Gasteiger charge is 2.69. The predicted molar refractivity (Wildman–Crippen MR) is 107 cm³/mol. The van der Waals surface area contributed by atoms with E-state index in [0.717, 1.165) is 0 Å². The van der Waals surface area contributed by atoms with Gasteiger partial charge < -0.3 is 18.9 Å². The normalized spacial score (nSPS) is 31.5. The van der Waals surface area contributed by atoms with Crippen LogP contribution in [-0.2, 0) is 47.7 Å². The summed E-state index contributed by atoms with van der Waals surface area (Å²) in [6.07, 6.45) is -0.121. The van der Waals surface area contributed by atoms with Crippen LogP contribution in [0.2, 0.25) is 0 Å². The second-order valence-electron chi connectivity index (χ2n) is 8.01. The van der Waals surface area contributed by atoms with Gasteiger partial charge in [0.25, 0.3) is 0 Å². The molecule has 2 fully saturated rings. The zero-order chi connectivity index (χ0) is 24.2. The van der Waals surface area contributed by atoms with Crippen molar-refractivity contribution in [3.8, 4) is 0 Å². The summed E-state index contributed by atoms with van der Waals surface area (Å²) < 4.78 is 20.2. The van der Waals surface area contributed by atoms with Gasteiger partial charge in [-0.15, -0.1) is 0 Å². The number of ketones is 2. The molecule has 4 atom stereocenters. The molecule has 0 aromatic rings. The minimum Gasteiger partial charge on any atom is -0.465 e. The Bertz CT molecular complexity index is 741. The molecule has 0 spiro atoms. The lowest BCUT2D eigenvalue weighted by Crippen LogP contribution is -2.65. The first-order chi connectivity index (χ1) is 15.1. The van der Waals surface area contributed by atoms with Gasteiger partial charge in [0, 0.05) is 11.3 Å². The van der Waals surface area contributed by atoms with Crippen molar-refractivity contribution >= 4 is 35.4 Å². The number of carbonyl (C=O) groups is 6. The summed E-state index contributed by atoms with van der Waals surface area (Å²) in [6.45, 7) is 7.45. The van der Waals surface area contributed by atoms with Crippen LogP contribution in [0.1, 0.15) is 41.0 Å². The average molecular weight is 454 g/mol. The van der Waals surface area contributed by atoms with Gasteiger partial charge in [0.1, 0.15) is 23.7 Å². The summed E-state index contributed by atoms with van der Waals surface area (Å²) in [5.74, 6) is -12.8. The van der Waals surface area contributed by atoms with Gasteiger partial charge in [0.2, 0.25) is 0 Å². The molecule has 0 aliphatic heterocycles. The second kappa shape index (κ2) is 10.2. The largest absolute Gasteiger partial charge is 0.465 e. The topological polar surface area (TPSA) is 139 Å². The molecule has 0 aromatic heterocycles. The molecule has 32 heavy (non-hydrogen) atoms. The van der Waals surface area contributed by atoms with Crippen LogP contribution in [0.3, 0.4) is 0 Å². The molecule has 0 radical (unpaired) electrons. The SMILES string of the molecule is CCOC(=O)C1C(=O)C(C(=O)OCC)C2(C)CC1C(C(=O)OCC)C(=O)C2C(=O)OCC. The molecule has 178 valence electrons. The van der Waals surface area contributed by atoms with E-state index in [9.17, 15) is 28.8 Å². The minimum atomic E-state index is -1.57. The van der Waals surface area contributed by atoms with Gasteiger partial charge in [0.05, 0.1) is 26.4 Å². The van der Waals surface area contributed by atoms with E-state index in [2.05, 4.69) is 0 Å². The Hall–Kier alpha value is -2.78. The Morgan fingerprint density at radius 2 is 1.00 bits per heavy atom. The number of rotatable bonds is 8. The van der Waals surface area contributed by atoms with Crippen LogP contribution in [0.4, 0.5) is 0 Å². The average Bonchev–Trinajstić information content (AvgIpc) is 2.68. The molecule has 10 heteroatoms. The van der Waals surface area contributed by atoms with Gasteiger partial charge in [0.15, 0.2) is 11.6 Å². The fraction of sp³-hybridized carbons (Fsp3) is 0.727. The first-order valence-corrected chi connectivity index (χ1v) is 10.8. The molecule has 10 nitrogen and oxygen atoms in total. The zero-order valence-corrected chi connectivity index (χ0v) is 19.0. The van der Waals surface area contributed by atoms with Crippen LogP contribution in [0.5, 0.6) is 0 Å². The zero-order valence-electron chi connectivity index (χ0n) is 19.0. The molecule has 2 aliphatic carbocycles. The van der Waals surface area contributed by atoms with E-state index >= 15 is 0 Å². The van der Waals surface area contributed by atoms with E-state index in [0.29, 0.717) is 0 Å². The molecule has 4 unspecified atom stereocenters. The van der Waals surface area contributed by atoms with Crippen molar-refractivity contribution in [2.75, 3.05) is 26.4 Å². The van der Waals surface area contributed by atoms with Crippen LogP contribution in [-0.4, -0.2) is 61.9 Å². The number of esters is 4. The second-order valence-corrected chi connectivity index (χ2v) is 8.01. The fourth-order valence-corrected chi connectivity index (χ4v) is 5.04. The fourth-order valence-electron chi connectivity index (χ4n) is 5.04. The minimum absolute atomic E-state index is 0.0415. The van der Waals surface area contributed by atoms with Crippen LogP contribution >= 0.6 is 0 Å². The van der Waals surface area contributed by atoms with Crippen LogP contribution < -0.4 is 0 Å². The summed E-state index contributed by atoms with van der Waals surface area (Å²) in [7, 11) is 0. The molecule has 0 N–H and O–H groups in total. The van der Waals surface area contributed by atoms with Crippen LogP contribution in [0, 0.1) is 35.0 Å². The number of fused-ring (bicyclic) bond motifs is 2. The highest BCUT2D eigenvalue weighted by Crippen LogP contribution is 2.57. The predicted octanol–water partition coefficient (Wildman–Crippen LogP) is 0.882. The Kier molecular flexibility index (Phi) is 8.14. The maximum Gasteiger partial charge on any atom is 0.317 e. The van der Waals surface area contributed by atoms with Gasteiger partial charge in [-0.3, -0.25) is 28.8 Å². The molecule has 2 rings (SSSR count). The van der Waals surface area contributed by atoms with Crippen molar-refractivity contribution in [2.45, 2.75) is 41.0 Å². The first kappa shape index (κ1) is 25.5. The van der Waals surface area contributed by atoms with E-state index in [-0.39, 0.29) is 32.8 Å². The highest BCUT2D eigenvalue weighted by molar-refractivity contribution is 6.16. The third-order valence-electron chi connectivity index (χ3n) is 6.16. The quantitative estimate of drug-likeness (QED) is 0.295. The van der Waals surface area contributed by atoms with Crippen molar-refractivity contribution in [3.63, 3.8) is 0 Å². The maximum absolute atomic E-state index is 13.5. The van der Waals surface area contributed by atoms with Crippen LogP contribution in [0.25, 0.3) is 0 Å². The highest BCUT2D eigenvalue weighted by atomic mass is 16.5. The lowest BCUT2D eigenvalue weighted by Gasteiger charge is -2.52. The smallest absolute Gasteiger partial charge is 0.317 e. The summed E-state index contributed by atoms with van der Waals surface area (Å²) in [4.78, 5) is 78.2. The molecule has 2 saturated carbocycles. The van der Waals surface area contributed by atoms with E-state index in [4.69, 9.17) is 18.9 Å². The third-order valence-corrected chi connectivity index (χ3v) is 6.16.